The van der Waals surface area contributed by atoms with Crippen LogP contribution in [0.4, 0.5) is 0 Å². The zero-order valence-electron chi connectivity index (χ0n) is 11.4. The lowest BCUT2D eigenvalue weighted by Gasteiger charge is -2.14. The van der Waals surface area contributed by atoms with E-state index in [2.05, 4.69) is 4.98 Å². The summed E-state index contributed by atoms with van der Waals surface area (Å²) in [5, 5.41) is 10.3. The molecular weight excluding hydrogens is 250 g/mol. The van der Waals surface area contributed by atoms with Gasteiger partial charge in [-0.1, -0.05) is 30.3 Å². The highest BCUT2D eigenvalue weighted by Crippen LogP contribution is 2.25. The normalized spacial score (nSPS) is 17.1. The number of ether oxygens (including phenoxy) is 1. The summed E-state index contributed by atoms with van der Waals surface area (Å²) in [4.78, 5) is 4.31. The molecule has 1 aromatic heterocycles. The summed E-state index contributed by atoms with van der Waals surface area (Å²) in [7, 11) is 0. The number of benzene rings is 1. The lowest BCUT2D eigenvalue weighted by atomic mass is 10.0. The van der Waals surface area contributed by atoms with Crippen LogP contribution in [0.5, 0.6) is 5.88 Å². The molecule has 3 heteroatoms. The number of aliphatic hydroxyl groups is 1. The number of aromatic nitrogens is 1. The summed E-state index contributed by atoms with van der Waals surface area (Å²) in [5.41, 5.74) is 1.66. The second-order valence-corrected chi connectivity index (χ2v) is 5.27. The summed E-state index contributed by atoms with van der Waals surface area (Å²) in [6.45, 7) is 0. The van der Waals surface area contributed by atoms with Crippen LogP contribution in [-0.2, 0) is 0 Å². The van der Waals surface area contributed by atoms with Crippen molar-refractivity contribution in [3.63, 3.8) is 0 Å². The molecule has 3 nitrogen and oxygen atoms in total. The molecule has 1 N–H and O–H groups in total. The second kappa shape index (κ2) is 6.06. The maximum atomic E-state index is 10.3. The molecule has 20 heavy (non-hydrogen) atoms. The van der Waals surface area contributed by atoms with Crippen LogP contribution < -0.4 is 4.74 Å². The Bertz CT molecular complexity index is 533. The van der Waals surface area contributed by atoms with Crippen LogP contribution in [-0.4, -0.2) is 16.2 Å². The lowest BCUT2D eigenvalue weighted by Crippen LogP contribution is -2.12. The third kappa shape index (κ3) is 2.99. The number of rotatable bonds is 4. The average molecular weight is 269 g/mol. The molecule has 3 rings (SSSR count). The summed E-state index contributed by atoms with van der Waals surface area (Å²) >= 11 is 0. The fraction of sp³-hybridized carbons (Fsp3) is 0.353. The molecule has 0 amide bonds. The molecule has 1 heterocycles. The van der Waals surface area contributed by atoms with Gasteiger partial charge in [-0.2, -0.15) is 0 Å². The van der Waals surface area contributed by atoms with E-state index < -0.39 is 6.10 Å². The molecule has 1 fully saturated rings. The Kier molecular flexibility index (Phi) is 3.97. The molecule has 1 saturated carbocycles. The predicted octanol–water partition coefficient (Wildman–Crippen LogP) is 3.48. The number of hydrogen-bond donors (Lipinski definition) is 1. The SMILES string of the molecule is OC(c1ccccc1)c1ccc(OC2CCCC2)nc1. The van der Waals surface area contributed by atoms with E-state index in [4.69, 9.17) is 4.74 Å². The summed E-state index contributed by atoms with van der Waals surface area (Å²) in [6.07, 6.45) is 6.11. The number of pyridine rings is 1. The van der Waals surface area contributed by atoms with Crippen molar-refractivity contribution in [1.82, 2.24) is 4.98 Å². The molecule has 0 bridgehead atoms. The minimum Gasteiger partial charge on any atom is -0.474 e. The molecule has 1 aliphatic rings. The largest absolute Gasteiger partial charge is 0.474 e. The Hall–Kier alpha value is -1.87. The van der Waals surface area contributed by atoms with E-state index >= 15 is 0 Å². The Morgan fingerprint density at radius 3 is 2.40 bits per heavy atom. The van der Waals surface area contributed by atoms with Gasteiger partial charge in [0.05, 0.1) is 0 Å². The molecule has 1 aliphatic carbocycles. The quantitative estimate of drug-likeness (QED) is 0.924. The molecular formula is C17H19NO2. The topological polar surface area (TPSA) is 42.4 Å². The maximum Gasteiger partial charge on any atom is 0.213 e. The Balaban J connectivity index is 1.69. The fourth-order valence-electron chi connectivity index (χ4n) is 2.63. The molecule has 1 atom stereocenters. The number of hydrogen-bond acceptors (Lipinski definition) is 3. The third-order valence-corrected chi connectivity index (χ3v) is 3.78. The van der Waals surface area contributed by atoms with Gasteiger partial charge in [0, 0.05) is 17.8 Å². The van der Waals surface area contributed by atoms with Crippen LogP contribution in [0.2, 0.25) is 0 Å². The fourth-order valence-corrected chi connectivity index (χ4v) is 2.63. The molecule has 0 radical (unpaired) electrons. The van der Waals surface area contributed by atoms with E-state index in [9.17, 15) is 5.11 Å². The van der Waals surface area contributed by atoms with Gasteiger partial charge in [-0.3, -0.25) is 0 Å². The Morgan fingerprint density at radius 1 is 1.00 bits per heavy atom. The van der Waals surface area contributed by atoms with Gasteiger partial charge in [-0.05, 0) is 37.3 Å². The van der Waals surface area contributed by atoms with E-state index in [0.29, 0.717) is 12.0 Å². The molecule has 0 spiro atoms. The average Bonchev–Trinajstić information content (AvgIpc) is 3.01. The van der Waals surface area contributed by atoms with E-state index in [1.165, 1.54) is 12.8 Å². The van der Waals surface area contributed by atoms with Crippen LogP contribution >= 0.6 is 0 Å². The standard InChI is InChI=1S/C17H19NO2/c19-17(13-6-2-1-3-7-13)14-10-11-16(18-12-14)20-15-8-4-5-9-15/h1-3,6-7,10-12,15,17,19H,4-5,8-9H2. The van der Waals surface area contributed by atoms with Crippen molar-refractivity contribution in [3.8, 4) is 5.88 Å². The minimum atomic E-state index is -0.635. The lowest BCUT2D eigenvalue weighted by molar-refractivity contribution is 0.199. The van der Waals surface area contributed by atoms with E-state index in [-0.39, 0.29) is 0 Å². The van der Waals surface area contributed by atoms with Crippen molar-refractivity contribution in [1.29, 1.82) is 0 Å². The zero-order chi connectivity index (χ0) is 13.8. The third-order valence-electron chi connectivity index (χ3n) is 3.78. The van der Waals surface area contributed by atoms with E-state index in [0.717, 1.165) is 24.0 Å². The van der Waals surface area contributed by atoms with Gasteiger partial charge in [-0.25, -0.2) is 4.98 Å². The molecule has 1 unspecified atom stereocenters. The monoisotopic (exact) mass is 269 g/mol. The van der Waals surface area contributed by atoms with Gasteiger partial charge < -0.3 is 9.84 Å². The van der Waals surface area contributed by atoms with E-state index in [1.807, 2.05) is 42.5 Å². The van der Waals surface area contributed by atoms with Gasteiger partial charge >= 0.3 is 0 Å². The first kappa shape index (κ1) is 13.1. The van der Waals surface area contributed by atoms with Crippen LogP contribution in [0.25, 0.3) is 0 Å². The highest BCUT2D eigenvalue weighted by atomic mass is 16.5. The van der Waals surface area contributed by atoms with Gasteiger partial charge in [0.25, 0.3) is 0 Å². The highest BCUT2D eigenvalue weighted by Gasteiger charge is 2.17. The summed E-state index contributed by atoms with van der Waals surface area (Å²) in [5.74, 6) is 0.654. The van der Waals surface area contributed by atoms with Crippen LogP contribution in [0.3, 0.4) is 0 Å². The van der Waals surface area contributed by atoms with Gasteiger partial charge in [-0.15, -0.1) is 0 Å². The van der Waals surface area contributed by atoms with Crippen LogP contribution in [0.15, 0.2) is 48.7 Å². The van der Waals surface area contributed by atoms with Crippen molar-refractivity contribution in [2.45, 2.75) is 37.9 Å². The van der Waals surface area contributed by atoms with Crippen LogP contribution in [0, 0.1) is 0 Å². The molecule has 0 saturated heterocycles. The minimum absolute atomic E-state index is 0.312. The van der Waals surface area contributed by atoms with Crippen molar-refractivity contribution in [3.05, 3.63) is 59.8 Å². The van der Waals surface area contributed by atoms with Crippen LogP contribution in [0.1, 0.15) is 42.9 Å². The van der Waals surface area contributed by atoms with Gasteiger partial charge in [0.2, 0.25) is 5.88 Å². The highest BCUT2D eigenvalue weighted by molar-refractivity contribution is 5.29. The second-order valence-electron chi connectivity index (χ2n) is 5.27. The first-order chi connectivity index (χ1) is 9.83. The molecule has 1 aromatic carbocycles. The Morgan fingerprint density at radius 2 is 1.75 bits per heavy atom. The first-order valence-electron chi connectivity index (χ1n) is 7.18. The Labute approximate surface area is 119 Å². The van der Waals surface area contributed by atoms with Crippen molar-refractivity contribution in [2.24, 2.45) is 0 Å². The molecule has 104 valence electrons. The maximum absolute atomic E-state index is 10.3. The molecule has 0 aliphatic heterocycles. The zero-order valence-corrected chi connectivity index (χ0v) is 11.4. The summed E-state index contributed by atoms with van der Waals surface area (Å²) in [6, 6.07) is 13.3. The van der Waals surface area contributed by atoms with Gasteiger partial charge in [0.1, 0.15) is 12.2 Å². The predicted molar refractivity (Wildman–Crippen MR) is 77.6 cm³/mol. The van der Waals surface area contributed by atoms with Gasteiger partial charge in [0.15, 0.2) is 0 Å². The van der Waals surface area contributed by atoms with Crippen molar-refractivity contribution >= 4 is 0 Å². The first-order valence-corrected chi connectivity index (χ1v) is 7.18. The number of aliphatic hydroxyl groups excluding tert-OH is 1. The van der Waals surface area contributed by atoms with E-state index in [1.54, 1.807) is 6.20 Å². The summed E-state index contributed by atoms with van der Waals surface area (Å²) < 4.78 is 5.82. The van der Waals surface area contributed by atoms with Crippen molar-refractivity contribution < 1.29 is 9.84 Å². The smallest absolute Gasteiger partial charge is 0.213 e. The molecule has 2 aromatic rings. The number of nitrogens with zero attached hydrogens (tertiary/aromatic N) is 1. The van der Waals surface area contributed by atoms with Crippen molar-refractivity contribution in [2.75, 3.05) is 0 Å².